The Morgan fingerprint density at radius 2 is 2.11 bits per heavy atom. The molecular weight excluding hydrogens is 294 g/mol. The van der Waals surface area contributed by atoms with Crippen molar-refractivity contribution in [3.63, 3.8) is 0 Å². The lowest BCUT2D eigenvalue weighted by molar-refractivity contribution is 0.691. The minimum Gasteiger partial charge on any atom is -0.370 e. The maximum atomic E-state index is 10.8. The van der Waals surface area contributed by atoms with E-state index in [0.717, 1.165) is 28.6 Å². The number of thiocarbonyl (C=S) groups is 1. The molecule has 1 N–H and O–H groups in total. The van der Waals surface area contributed by atoms with Crippen LogP contribution in [0, 0.1) is 0 Å². The van der Waals surface area contributed by atoms with Crippen molar-refractivity contribution in [2.45, 2.75) is 24.7 Å². The van der Waals surface area contributed by atoms with E-state index in [9.17, 15) is 4.21 Å². The van der Waals surface area contributed by atoms with Gasteiger partial charge in [0, 0.05) is 28.5 Å². The zero-order chi connectivity index (χ0) is 14.1. The quantitative estimate of drug-likeness (QED) is 0.494. The van der Waals surface area contributed by atoms with Crippen molar-refractivity contribution in [2.75, 3.05) is 12.8 Å². The minimum atomic E-state index is -0.861. The summed E-state index contributed by atoms with van der Waals surface area (Å²) in [6, 6.07) is 8.45. The lowest BCUT2D eigenvalue weighted by atomic mass is 10.2. The molecule has 1 rings (SSSR count). The molecule has 0 aliphatic rings. The first-order chi connectivity index (χ1) is 9.11. The molecule has 0 saturated heterocycles. The third kappa shape index (κ3) is 7.50. The van der Waals surface area contributed by atoms with E-state index in [-0.39, 0.29) is 0 Å². The molecule has 0 aliphatic carbocycles. The zero-order valence-corrected chi connectivity index (χ0v) is 13.7. The van der Waals surface area contributed by atoms with Gasteiger partial charge in [-0.3, -0.25) is 4.21 Å². The summed E-state index contributed by atoms with van der Waals surface area (Å²) >= 11 is 6.83. The van der Waals surface area contributed by atoms with E-state index < -0.39 is 10.8 Å². The van der Waals surface area contributed by atoms with Crippen LogP contribution in [0.25, 0.3) is 0 Å². The molecule has 0 bridgehead atoms. The standard InChI is InChI=1S/C14H19NOS3/c1-3-12-6-8-13(9-7-12)18-14(17)15-10-4-5-11-19(2)16/h5-9,11H,3-4,10H2,1-2H3,(H,15,17)/b11-5+. The van der Waals surface area contributed by atoms with Crippen LogP contribution in [0.5, 0.6) is 0 Å². The molecule has 0 fully saturated rings. The number of benzene rings is 1. The maximum absolute atomic E-state index is 10.8. The maximum Gasteiger partial charge on any atom is 0.138 e. The van der Waals surface area contributed by atoms with Crippen molar-refractivity contribution in [3.8, 4) is 0 Å². The third-order valence-corrected chi connectivity index (χ3v) is 4.22. The van der Waals surface area contributed by atoms with Crippen LogP contribution in [0.1, 0.15) is 18.9 Å². The van der Waals surface area contributed by atoms with E-state index >= 15 is 0 Å². The number of hydrogen-bond acceptors (Lipinski definition) is 3. The molecule has 19 heavy (non-hydrogen) atoms. The van der Waals surface area contributed by atoms with Crippen LogP contribution in [0.15, 0.2) is 40.6 Å². The van der Waals surface area contributed by atoms with Crippen LogP contribution in [0.4, 0.5) is 0 Å². The van der Waals surface area contributed by atoms with Crippen molar-refractivity contribution in [2.24, 2.45) is 0 Å². The number of thioether (sulfide) groups is 1. The number of rotatable bonds is 6. The van der Waals surface area contributed by atoms with Gasteiger partial charge in [-0.2, -0.15) is 0 Å². The third-order valence-electron chi connectivity index (χ3n) is 2.41. The minimum absolute atomic E-state index is 0.770. The van der Waals surface area contributed by atoms with Crippen molar-refractivity contribution < 1.29 is 4.21 Å². The molecule has 1 aromatic carbocycles. The smallest absolute Gasteiger partial charge is 0.138 e. The van der Waals surface area contributed by atoms with Crippen LogP contribution >= 0.6 is 24.0 Å². The van der Waals surface area contributed by atoms with Gasteiger partial charge in [-0.1, -0.05) is 49.1 Å². The van der Waals surface area contributed by atoms with Gasteiger partial charge in [0.15, 0.2) is 0 Å². The predicted molar refractivity (Wildman–Crippen MR) is 90.1 cm³/mol. The molecule has 0 amide bonds. The van der Waals surface area contributed by atoms with E-state index in [4.69, 9.17) is 12.2 Å². The summed E-state index contributed by atoms with van der Waals surface area (Å²) in [5.74, 6) is 0. The molecule has 2 nitrogen and oxygen atoms in total. The number of aryl methyl sites for hydroxylation is 1. The first-order valence-corrected chi connectivity index (χ1v) is 9.00. The van der Waals surface area contributed by atoms with E-state index in [2.05, 4.69) is 36.5 Å². The van der Waals surface area contributed by atoms with Gasteiger partial charge in [-0.05, 0) is 35.9 Å². The van der Waals surface area contributed by atoms with Gasteiger partial charge in [-0.15, -0.1) is 0 Å². The van der Waals surface area contributed by atoms with Gasteiger partial charge >= 0.3 is 0 Å². The molecule has 1 unspecified atom stereocenters. The molecule has 0 radical (unpaired) electrons. The Morgan fingerprint density at radius 1 is 1.42 bits per heavy atom. The summed E-state index contributed by atoms with van der Waals surface area (Å²) < 4.78 is 11.6. The average Bonchev–Trinajstić information content (AvgIpc) is 2.39. The largest absolute Gasteiger partial charge is 0.370 e. The Balaban J connectivity index is 2.28. The van der Waals surface area contributed by atoms with Gasteiger partial charge in [0.05, 0.1) is 0 Å². The molecule has 1 aromatic rings. The van der Waals surface area contributed by atoms with Gasteiger partial charge in [0.2, 0.25) is 0 Å². The van der Waals surface area contributed by atoms with E-state index in [1.54, 1.807) is 23.4 Å². The molecular formula is C14H19NOS3. The highest BCUT2D eigenvalue weighted by atomic mass is 32.2. The number of nitrogens with one attached hydrogen (secondary N) is 1. The highest BCUT2D eigenvalue weighted by molar-refractivity contribution is 8.23. The lowest BCUT2D eigenvalue weighted by Gasteiger charge is -2.06. The summed E-state index contributed by atoms with van der Waals surface area (Å²) in [5.41, 5.74) is 1.33. The summed E-state index contributed by atoms with van der Waals surface area (Å²) in [4.78, 5) is 1.15. The normalized spacial score (nSPS) is 12.5. The fraction of sp³-hybridized carbons (Fsp3) is 0.357. The van der Waals surface area contributed by atoms with Gasteiger partial charge in [-0.25, -0.2) is 0 Å². The van der Waals surface area contributed by atoms with Gasteiger partial charge < -0.3 is 5.32 Å². The second-order valence-corrected chi connectivity index (χ2v) is 6.99. The molecule has 0 heterocycles. The van der Waals surface area contributed by atoms with E-state index in [1.807, 2.05) is 6.08 Å². The van der Waals surface area contributed by atoms with Crippen molar-refractivity contribution >= 4 is 39.1 Å². The van der Waals surface area contributed by atoms with Crippen molar-refractivity contribution in [1.29, 1.82) is 0 Å². The van der Waals surface area contributed by atoms with Crippen LogP contribution in [0.2, 0.25) is 0 Å². The fourth-order valence-corrected chi connectivity index (χ4v) is 2.86. The first-order valence-electron chi connectivity index (χ1n) is 6.15. The topological polar surface area (TPSA) is 29.1 Å². The molecule has 5 heteroatoms. The lowest BCUT2D eigenvalue weighted by Crippen LogP contribution is -2.18. The van der Waals surface area contributed by atoms with E-state index in [1.165, 1.54) is 5.56 Å². The zero-order valence-electron chi connectivity index (χ0n) is 11.2. The summed E-state index contributed by atoms with van der Waals surface area (Å²) in [6.45, 7) is 2.91. The Labute approximate surface area is 127 Å². The predicted octanol–water partition coefficient (Wildman–Crippen LogP) is 3.50. The molecule has 0 aromatic heterocycles. The Hall–Kier alpha value is -0.650. The van der Waals surface area contributed by atoms with Crippen molar-refractivity contribution in [1.82, 2.24) is 5.32 Å². The van der Waals surface area contributed by atoms with Crippen LogP contribution in [-0.2, 0) is 17.2 Å². The Bertz CT molecular complexity index is 454. The SMILES string of the molecule is CCc1ccc(SC(=S)NCC/C=C/S(C)=O)cc1. The molecule has 1 atom stereocenters. The number of hydrogen-bond donors (Lipinski definition) is 1. The highest BCUT2D eigenvalue weighted by Crippen LogP contribution is 2.19. The van der Waals surface area contributed by atoms with E-state index in [0.29, 0.717) is 0 Å². The second kappa shape index (κ2) is 9.28. The molecule has 0 aliphatic heterocycles. The molecule has 104 valence electrons. The highest BCUT2D eigenvalue weighted by Gasteiger charge is 1.99. The second-order valence-electron chi connectivity index (χ2n) is 3.97. The van der Waals surface area contributed by atoms with Gasteiger partial charge in [0.25, 0.3) is 0 Å². The first kappa shape index (κ1) is 16.4. The van der Waals surface area contributed by atoms with Crippen LogP contribution in [-0.4, -0.2) is 21.3 Å². The fourth-order valence-electron chi connectivity index (χ4n) is 1.40. The summed E-state index contributed by atoms with van der Waals surface area (Å²) in [6.07, 6.45) is 5.45. The molecule has 0 spiro atoms. The van der Waals surface area contributed by atoms with Crippen LogP contribution in [0.3, 0.4) is 0 Å². The van der Waals surface area contributed by atoms with Gasteiger partial charge in [0.1, 0.15) is 4.32 Å². The molecule has 0 saturated carbocycles. The van der Waals surface area contributed by atoms with Crippen LogP contribution < -0.4 is 5.32 Å². The van der Waals surface area contributed by atoms with Crippen molar-refractivity contribution in [3.05, 3.63) is 41.3 Å². The average molecular weight is 314 g/mol. The summed E-state index contributed by atoms with van der Waals surface area (Å²) in [5, 5.41) is 4.87. The Kier molecular flexibility index (Phi) is 8.02. The monoisotopic (exact) mass is 313 g/mol. The Morgan fingerprint density at radius 3 is 2.68 bits per heavy atom. The summed E-state index contributed by atoms with van der Waals surface area (Å²) in [7, 11) is -0.861.